The fourth-order valence-corrected chi connectivity index (χ4v) is 2.50. The van der Waals surface area contributed by atoms with Crippen LogP contribution in [0.25, 0.3) is 0 Å². The van der Waals surface area contributed by atoms with Crippen LogP contribution in [0.3, 0.4) is 0 Å². The van der Waals surface area contributed by atoms with Gasteiger partial charge in [0.15, 0.2) is 0 Å². The Morgan fingerprint density at radius 3 is 2.79 bits per heavy atom. The van der Waals surface area contributed by atoms with Crippen LogP contribution in [0.15, 0.2) is 24.3 Å². The van der Waals surface area contributed by atoms with E-state index in [1.165, 1.54) is 6.42 Å². The van der Waals surface area contributed by atoms with E-state index in [0.29, 0.717) is 18.3 Å². The van der Waals surface area contributed by atoms with Crippen LogP contribution in [0.5, 0.6) is 0 Å². The second-order valence-electron chi connectivity index (χ2n) is 5.23. The lowest BCUT2D eigenvalue weighted by Gasteiger charge is -2.38. The topological polar surface area (TPSA) is 66.6 Å². The van der Waals surface area contributed by atoms with Crippen molar-refractivity contribution >= 4 is 11.6 Å². The Balaban J connectivity index is 2.11. The molecular weight excluding hydrogens is 240 g/mol. The lowest BCUT2D eigenvalue weighted by molar-refractivity contribution is -0.137. The molecule has 0 radical (unpaired) electrons. The fourth-order valence-electron chi connectivity index (χ4n) is 2.50. The predicted molar refractivity (Wildman–Crippen MR) is 75.7 cm³/mol. The molecule has 0 saturated heterocycles. The van der Waals surface area contributed by atoms with Crippen molar-refractivity contribution in [1.82, 2.24) is 4.90 Å². The summed E-state index contributed by atoms with van der Waals surface area (Å²) in [4.78, 5) is 14.4. The van der Waals surface area contributed by atoms with Crippen molar-refractivity contribution in [3.8, 4) is 0 Å². The standard InChI is InChI=1S/C15H22N2O2/c1-11(12-4-2-5-13(16)10-12)15(19)17(8-9-18)14-6-3-7-14/h2,4-5,10-11,14,18H,3,6-9,16H2,1H3. The zero-order valence-electron chi connectivity index (χ0n) is 11.4. The number of benzene rings is 1. The van der Waals surface area contributed by atoms with Gasteiger partial charge in [0.25, 0.3) is 0 Å². The molecule has 1 fully saturated rings. The van der Waals surface area contributed by atoms with Crippen molar-refractivity contribution < 1.29 is 9.90 Å². The van der Waals surface area contributed by atoms with Gasteiger partial charge in [0.2, 0.25) is 5.91 Å². The van der Waals surface area contributed by atoms with E-state index in [1.54, 1.807) is 0 Å². The van der Waals surface area contributed by atoms with Gasteiger partial charge in [-0.25, -0.2) is 0 Å². The minimum Gasteiger partial charge on any atom is -0.399 e. The number of aliphatic hydroxyl groups is 1. The molecule has 2 rings (SSSR count). The summed E-state index contributed by atoms with van der Waals surface area (Å²) < 4.78 is 0. The van der Waals surface area contributed by atoms with Gasteiger partial charge in [0, 0.05) is 18.3 Å². The summed E-state index contributed by atoms with van der Waals surface area (Å²) in [6.45, 7) is 2.35. The number of nitrogens with zero attached hydrogens (tertiary/aromatic N) is 1. The van der Waals surface area contributed by atoms with Gasteiger partial charge < -0.3 is 15.7 Å². The molecule has 1 aliphatic rings. The number of hydrogen-bond acceptors (Lipinski definition) is 3. The molecule has 1 aliphatic carbocycles. The number of hydrogen-bond donors (Lipinski definition) is 2. The van der Waals surface area contributed by atoms with Crippen LogP contribution < -0.4 is 5.73 Å². The van der Waals surface area contributed by atoms with Crippen molar-refractivity contribution in [2.45, 2.75) is 38.1 Å². The molecule has 0 aliphatic heterocycles. The Kier molecular flexibility index (Phi) is 4.43. The Hall–Kier alpha value is -1.55. The number of carbonyl (C=O) groups excluding carboxylic acids is 1. The summed E-state index contributed by atoms with van der Waals surface area (Å²) in [6.07, 6.45) is 3.28. The first-order chi connectivity index (χ1) is 9.13. The van der Waals surface area contributed by atoms with Crippen molar-refractivity contribution in [3.05, 3.63) is 29.8 Å². The minimum atomic E-state index is -0.212. The van der Waals surface area contributed by atoms with E-state index < -0.39 is 0 Å². The third-order valence-corrected chi connectivity index (χ3v) is 3.92. The van der Waals surface area contributed by atoms with E-state index in [-0.39, 0.29) is 18.4 Å². The smallest absolute Gasteiger partial charge is 0.230 e. The second-order valence-corrected chi connectivity index (χ2v) is 5.23. The average Bonchev–Trinajstić information content (AvgIpc) is 2.34. The summed E-state index contributed by atoms with van der Waals surface area (Å²) in [5.74, 6) is -0.125. The first-order valence-electron chi connectivity index (χ1n) is 6.90. The number of amides is 1. The number of anilines is 1. The van der Waals surface area contributed by atoms with Crippen LogP contribution in [-0.2, 0) is 4.79 Å². The molecule has 19 heavy (non-hydrogen) atoms. The number of aliphatic hydroxyl groups excluding tert-OH is 1. The van der Waals surface area contributed by atoms with Crippen molar-refractivity contribution in [3.63, 3.8) is 0 Å². The van der Waals surface area contributed by atoms with Crippen LogP contribution >= 0.6 is 0 Å². The molecule has 1 aromatic carbocycles. The maximum absolute atomic E-state index is 12.6. The highest BCUT2D eigenvalue weighted by Gasteiger charge is 2.31. The maximum atomic E-state index is 12.6. The third-order valence-electron chi connectivity index (χ3n) is 3.92. The van der Waals surface area contributed by atoms with Gasteiger partial charge >= 0.3 is 0 Å². The summed E-state index contributed by atoms with van der Waals surface area (Å²) in [6, 6.07) is 7.77. The lowest BCUT2D eigenvalue weighted by atomic mass is 9.89. The summed E-state index contributed by atoms with van der Waals surface area (Å²) in [7, 11) is 0. The van der Waals surface area contributed by atoms with Gasteiger partial charge in [-0.1, -0.05) is 12.1 Å². The Labute approximate surface area is 114 Å². The molecule has 4 heteroatoms. The lowest BCUT2D eigenvalue weighted by Crippen LogP contribution is -2.47. The monoisotopic (exact) mass is 262 g/mol. The minimum absolute atomic E-state index is 0.0197. The molecule has 3 N–H and O–H groups in total. The van der Waals surface area contributed by atoms with E-state index in [0.717, 1.165) is 18.4 Å². The molecule has 0 heterocycles. The van der Waals surface area contributed by atoms with Gasteiger partial charge in [0.1, 0.15) is 0 Å². The highest BCUT2D eigenvalue weighted by atomic mass is 16.3. The third kappa shape index (κ3) is 3.07. The zero-order valence-corrected chi connectivity index (χ0v) is 11.4. The molecule has 0 aromatic heterocycles. The van der Waals surface area contributed by atoms with Gasteiger partial charge in [-0.05, 0) is 43.9 Å². The normalized spacial score (nSPS) is 16.7. The second kappa shape index (κ2) is 6.06. The first-order valence-corrected chi connectivity index (χ1v) is 6.90. The molecule has 4 nitrogen and oxygen atoms in total. The van der Waals surface area contributed by atoms with Crippen LogP contribution in [0.2, 0.25) is 0 Å². The largest absolute Gasteiger partial charge is 0.399 e. The summed E-state index contributed by atoms with van der Waals surface area (Å²) in [5.41, 5.74) is 7.38. The van der Waals surface area contributed by atoms with Gasteiger partial charge in [-0.2, -0.15) is 0 Å². The number of nitrogens with two attached hydrogens (primary N) is 1. The van der Waals surface area contributed by atoms with Crippen molar-refractivity contribution in [2.24, 2.45) is 0 Å². The van der Waals surface area contributed by atoms with E-state index in [4.69, 9.17) is 10.8 Å². The summed E-state index contributed by atoms with van der Waals surface area (Å²) in [5, 5.41) is 9.14. The van der Waals surface area contributed by atoms with Gasteiger partial charge in [0.05, 0.1) is 12.5 Å². The predicted octanol–water partition coefficient (Wildman–Crippen LogP) is 1.75. The molecule has 1 atom stereocenters. The van der Waals surface area contributed by atoms with Gasteiger partial charge in [-0.15, -0.1) is 0 Å². The Bertz CT molecular complexity index is 444. The van der Waals surface area contributed by atoms with Crippen LogP contribution in [0, 0.1) is 0 Å². The number of rotatable bonds is 5. The van der Waals surface area contributed by atoms with Crippen LogP contribution in [0.1, 0.15) is 37.7 Å². The Morgan fingerprint density at radius 1 is 1.53 bits per heavy atom. The average molecular weight is 262 g/mol. The molecule has 1 amide bonds. The SMILES string of the molecule is CC(C(=O)N(CCO)C1CCC1)c1cccc(N)c1. The fraction of sp³-hybridized carbons (Fsp3) is 0.533. The van der Waals surface area contributed by atoms with Gasteiger partial charge in [-0.3, -0.25) is 4.79 Å². The Morgan fingerprint density at radius 2 is 2.26 bits per heavy atom. The molecule has 0 bridgehead atoms. The molecule has 104 valence electrons. The van der Waals surface area contributed by atoms with Crippen molar-refractivity contribution in [1.29, 1.82) is 0 Å². The first kappa shape index (κ1) is 13.9. The molecule has 1 aromatic rings. The van der Waals surface area contributed by atoms with E-state index in [9.17, 15) is 4.79 Å². The van der Waals surface area contributed by atoms with Crippen LogP contribution in [-0.4, -0.2) is 35.1 Å². The quantitative estimate of drug-likeness (QED) is 0.794. The number of nitrogen functional groups attached to an aromatic ring is 1. The highest BCUT2D eigenvalue weighted by Crippen LogP contribution is 2.28. The molecular formula is C15H22N2O2. The maximum Gasteiger partial charge on any atom is 0.230 e. The highest BCUT2D eigenvalue weighted by molar-refractivity contribution is 5.84. The van der Waals surface area contributed by atoms with E-state index in [1.807, 2.05) is 36.1 Å². The summed E-state index contributed by atoms with van der Waals surface area (Å²) >= 11 is 0. The van der Waals surface area contributed by atoms with Crippen molar-refractivity contribution in [2.75, 3.05) is 18.9 Å². The van der Waals surface area contributed by atoms with Crippen LogP contribution in [0.4, 0.5) is 5.69 Å². The zero-order chi connectivity index (χ0) is 13.8. The van der Waals surface area contributed by atoms with E-state index >= 15 is 0 Å². The van der Waals surface area contributed by atoms with E-state index in [2.05, 4.69) is 0 Å². The molecule has 1 saturated carbocycles. The molecule has 1 unspecified atom stereocenters. The number of carbonyl (C=O) groups is 1. The molecule has 0 spiro atoms.